The molecule has 2 saturated heterocycles. The maximum Gasteiger partial charge on any atom is 0.234 e. The molecule has 106 valence electrons. The molecular formula is C15H17ClN2O2. The average Bonchev–Trinajstić information content (AvgIpc) is 2.36. The first-order valence-corrected chi connectivity index (χ1v) is 7.24. The first-order valence-electron chi connectivity index (χ1n) is 6.86. The summed E-state index contributed by atoms with van der Waals surface area (Å²) in [4.78, 5) is 25.3. The van der Waals surface area contributed by atoms with Gasteiger partial charge in [0, 0.05) is 30.5 Å². The Morgan fingerprint density at radius 3 is 2.65 bits per heavy atom. The molecular weight excluding hydrogens is 276 g/mol. The van der Waals surface area contributed by atoms with Crippen molar-refractivity contribution in [2.24, 2.45) is 0 Å². The molecule has 2 amide bonds. The van der Waals surface area contributed by atoms with E-state index in [1.54, 1.807) is 0 Å². The molecule has 1 atom stereocenters. The van der Waals surface area contributed by atoms with Gasteiger partial charge >= 0.3 is 0 Å². The van der Waals surface area contributed by atoms with Crippen molar-refractivity contribution in [1.82, 2.24) is 10.2 Å². The third-order valence-corrected chi connectivity index (χ3v) is 4.50. The highest BCUT2D eigenvalue weighted by Gasteiger charge is 2.30. The fourth-order valence-electron chi connectivity index (χ4n) is 2.98. The van der Waals surface area contributed by atoms with Crippen LogP contribution in [0.25, 0.3) is 0 Å². The van der Waals surface area contributed by atoms with E-state index in [0.29, 0.717) is 23.8 Å². The van der Waals surface area contributed by atoms with E-state index in [-0.39, 0.29) is 17.7 Å². The molecule has 4 nitrogen and oxygen atoms in total. The van der Waals surface area contributed by atoms with E-state index in [1.807, 2.05) is 12.1 Å². The number of hydrogen-bond donors (Lipinski definition) is 1. The van der Waals surface area contributed by atoms with Crippen LogP contribution in [0.1, 0.15) is 35.8 Å². The Morgan fingerprint density at radius 1 is 1.30 bits per heavy atom. The minimum atomic E-state index is -0.307. The van der Waals surface area contributed by atoms with E-state index in [0.717, 1.165) is 18.7 Å². The number of likely N-dealkylation sites (tertiary alicyclic amines) is 1. The maximum absolute atomic E-state index is 11.9. The molecule has 1 unspecified atom stereocenters. The summed E-state index contributed by atoms with van der Waals surface area (Å²) in [6.45, 7) is 2.10. The number of carbonyl (C=O) groups excluding carboxylic acids is 2. The largest absolute Gasteiger partial charge is 0.305 e. The van der Waals surface area contributed by atoms with Crippen LogP contribution in [0.2, 0.25) is 5.02 Å². The number of nitrogens with zero attached hydrogens (tertiary/aromatic N) is 1. The van der Waals surface area contributed by atoms with Crippen LogP contribution in [0.15, 0.2) is 18.2 Å². The summed E-state index contributed by atoms with van der Waals surface area (Å²) in [7, 11) is 2.09. The second kappa shape index (κ2) is 5.19. The number of carbonyl (C=O) groups is 2. The fourth-order valence-corrected chi connectivity index (χ4v) is 3.30. The van der Waals surface area contributed by atoms with Gasteiger partial charge in [-0.1, -0.05) is 23.7 Å². The summed E-state index contributed by atoms with van der Waals surface area (Å²) in [5.74, 6) is -0.206. The van der Waals surface area contributed by atoms with Gasteiger partial charge in [-0.3, -0.25) is 14.9 Å². The fraction of sp³-hybridized carbons (Fsp3) is 0.467. The Kier molecular flexibility index (Phi) is 3.52. The predicted octanol–water partition coefficient (Wildman–Crippen LogP) is 1.89. The first kappa shape index (κ1) is 13.6. The van der Waals surface area contributed by atoms with Gasteiger partial charge in [-0.2, -0.15) is 0 Å². The van der Waals surface area contributed by atoms with E-state index < -0.39 is 0 Å². The zero-order valence-electron chi connectivity index (χ0n) is 11.4. The number of benzene rings is 1. The lowest BCUT2D eigenvalue weighted by Crippen LogP contribution is -2.41. The third kappa shape index (κ3) is 2.45. The highest BCUT2D eigenvalue weighted by molar-refractivity contribution is 6.31. The molecule has 0 spiro atoms. The number of nitrogens with one attached hydrogen (secondary N) is 1. The Hall–Kier alpha value is -1.39. The molecule has 2 aliphatic heterocycles. The van der Waals surface area contributed by atoms with Crippen LogP contribution < -0.4 is 5.32 Å². The van der Waals surface area contributed by atoms with Gasteiger partial charge in [-0.25, -0.2) is 0 Å². The number of piperidine rings is 1. The Bertz CT molecular complexity index is 567. The van der Waals surface area contributed by atoms with Gasteiger partial charge in [0.05, 0.1) is 5.92 Å². The molecule has 1 aromatic rings. The van der Waals surface area contributed by atoms with Gasteiger partial charge in [0.1, 0.15) is 0 Å². The van der Waals surface area contributed by atoms with E-state index >= 15 is 0 Å². The molecule has 0 radical (unpaired) electrons. The summed E-state index contributed by atoms with van der Waals surface area (Å²) in [6, 6.07) is 5.97. The van der Waals surface area contributed by atoms with Crippen molar-refractivity contribution in [3.05, 3.63) is 34.3 Å². The van der Waals surface area contributed by atoms with Crippen molar-refractivity contribution >= 4 is 23.4 Å². The molecule has 0 aromatic heterocycles. The SMILES string of the molecule is CN1CC(c2ccc(C3CCC(=O)NC3=O)c(Cl)c2)C1. The maximum atomic E-state index is 11.9. The summed E-state index contributed by atoms with van der Waals surface area (Å²) in [5.41, 5.74) is 2.05. The van der Waals surface area contributed by atoms with Crippen molar-refractivity contribution in [3.8, 4) is 0 Å². The minimum absolute atomic E-state index is 0.198. The quantitative estimate of drug-likeness (QED) is 0.847. The minimum Gasteiger partial charge on any atom is -0.305 e. The lowest BCUT2D eigenvalue weighted by molar-refractivity contribution is -0.134. The molecule has 0 saturated carbocycles. The smallest absolute Gasteiger partial charge is 0.234 e. The monoisotopic (exact) mass is 292 g/mol. The van der Waals surface area contributed by atoms with Gasteiger partial charge < -0.3 is 4.90 Å². The third-order valence-electron chi connectivity index (χ3n) is 4.17. The van der Waals surface area contributed by atoms with Crippen LogP contribution in [0.3, 0.4) is 0 Å². The molecule has 3 rings (SSSR count). The van der Waals surface area contributed by atoms with Gasteiger partial charge in [0.2, 0.25) is 11.8 Å². The van der Waals surface area contributed by atoms with Crippen LogP contribution in [0.5, 0.6) is 0 Å². The van der Waals surface area contributed by atoms with Crippen LogP contribution >= 0.6 is 11.6 Å². The summed E-state index contributed by atoms with van der Waals surface area (Å²) in [6.07, 6.45) is 0.914. The normalized spacial score (nSPS) is 24.4. The highest BCUT2D eigenvalue weighted by atomic mass is 35.5. The summed E-state index contributed by atoms with van der Waals surface area (Å²) >= 11 is 6.35. The summed E-state index contributed by atoms with van der Waals surface area (Å²) in [5, 5.41) is 3.01. The van der Waals surface area contributed by atoms with E-state index in [1.165, 1.54) is 5.56 Å². The molecule has 1 N–H and O–H groups in total. The molecule has 20 heavy (non-hydrogen) atoms. The van der Waals surface area contributed by atoms with Crippen molar-refractivity contribution in [1.29, 1.82) is 0 Å². The van der Waals surface area contributed by atoms with E-state index in [9.17, 15) is 9.59 Å². The van der Waals surface area contributed by atoms with Gasteiger partial charge in [0.15, 0.2) is 0 Å². The first-order chi connectivity index (χ1) is 9.54. The van der Waals surface area contributed by atoms with E-state index in [4.69, 9.17) is 11.6 Å². The molecule has 2 aliphatic rings. The molecule has 0 bridgehead atoms. The standard InChI is InChI=1S/C15H17ClN2O2/c1-18-7-10(8-18)9-2-3-11(13(16)6-9)12-4-5-14(19)17-15(12)20/h2-3,6,10,12H,4-5,7-8H2,1H3,(H,17,19,20). The second-order valence-corrected chi connectivity index (χ2v) is 6.11. The number of rotatable bonds is 2. The van der Waals surface area contributed by atoms with Crippen LogP contribution in [0.4, 0.5) is 0 Å². The van der Waals surface area contributed by atoms with E-state index in [2.05, 4.69) is 23.3 Å². The highest BCUT2D eigenvalue weighted by Crippen LogP contribution is 2.34. The van der Waals surface area contributed by atoms with Crippen molar-refractivity contribution < 1.29 is 9.59 Å². The Morgan fingerprint density at radius 2 is 2.05 bits per heavy atom. The van der Waals surface area contributed by atoms with Crippen LogP contribution in [-0.2, 0) is 9.59 Å². The zero-order valence-corrected chi connectivity index (χ0v) is 12.1. The number of halogens is 1. The number of amides is 2. The van der Waals surface area contributed by atoms with Gasteiger partial charge in [0.25, 0.3) is 0 Å². The molecule has 5 heteroatoms. The Balaban J connectivity index is 1.80. The molecule has 2 heterocycles. The van der Waals surface area contributed by atoms with Crippen LogP contribution in [-0.4, -0.2) is 36.9 Å². The lowest BCUT2D eigenvalue weighted by atomic mass is 9.87. The summed E-state index contributed by atoms with van der Waals surface area (Å²) < 4.78 is 0. The van der Waals surface area contributed by atoms with Crippen molar-refractivity contribution in [3.63, 3.8) is 0 Å². The van der Waals surface area contributed by atoms with Crippen molar-refractivity contribution in [2.75, 3.05) is 20.1 Å². The zero-order chi connectivity index (χ0) is 14.3. The average molecular weight is 293 g/mol. The molecule has 2 fully saturated rings. The van der Waals surface area contributed by atoms with Crippen LogP contribution in [0, 0.1) is 0 Å². The topological polar surface area (TPSA) is 49.4 Å². The number of imide groups is 1. The Labute approximate surface area is 123 Å². The number of hydrogen-bond acceptors (Lipinski definition) is 3. The second-order valence-electron chi connectivity index (χ2n) is 5.70. The number of likely N-dealkylation sites (N-methyl/N-ethyl adjacent to an activating group) is 1. The molecule has 1 aromatic carbocycles. The lowest BCUT2D eigenvalue weighted by Gasteiger charge is -2.36. The van der Waals surface area contributed by atoms with Gasteiger partial charge in [-0.15, -0.1) is 0 Å². The predicted molar refractivity (Wildman–Crippen MR) is 76.8 cm³/mol. The van der Waals surface area contributed by atoms with Crippen molar-refractivity contribution in [2.45, 2.75) is 24.7 Å². The molecule has 0 aliphatic carbocycles. The van der Waals surface area contributed by atoms with Gasteiger partial charge in [-0.05, 0) is 30.7 Å².